The first-order valence-electron chi connectivity index (χ1n) is 9.53. The van der Waals surface area contributed by atoms with Crippen molar-refractivity contribution in [3.05, 3.63) is 100 Å². The Hall–Kier alpha value is -3.24. The van der Waals surface area contributed by atoms with Crippen molar-refractivity contribution in [3.8, 4) is 11.3 Å². The number of rotatable bonds is 4. The van der Waals surface area contributed by atoms with E-state index in [0.717, 1.165) is 28.1 Å². The highest BCUT2D eigenvalue weighted by Gasteiger charge is 2.25. The van der Waals surface area contributed by atoms with E-state index in [1.165, 1.54) is 16.9 Å². The number of hydrogen-bond acceptors (Lipinski definition) is 3. The molecule has 0 aliphatic rings. The molecule has 3 nitrogen and oxygen atoms in total. The second-order valence-electron chi connectivity index (χ2n) is 7.13. The Morgan fingerprint density at radius 1 is 0.828 bits per heavy atom. The Bertz CT molecular complexity index is 1130. The number of amides is 1. The lowest BCUT2D eigenvalue weighted by molar-refractivity contribution is 0.0999. The summed E-state index contributed by atoms with van der Waals surface area (Å²) in [5.41, 5.74) is 6.76. The minimum Gasteiger partial charge on any atom is -0.268 e. The van der Waals surface area contributed by atoms with Crippen molar-refractivity contribution < 1.29 is 4.79 Å². The number of benzene rings is 3. The normalized spacial score (nSPS) is 10.7. The van der Waals surface area contributed by atoms with E-state index in [0.29, 0.717) is 10.7 Å². The minimum absolute atomic E-state index is 0.0761. The maximum atomic E-state index is 13.5. The lowest BCUT2D eigenvalue weighted by Crippen LogP contribution is -2.27. The van der Waals surface area contributed by atoms with E-state index in [1.807, 2.05) is 67.8 Å². The fourth-order valence-electron chi connectivity index (χ4n) is 3.38. The maximum Gasteiger partial charge on any atom is 0.264 e. The van der Waals surface area contributed by atoms with Crippen LogP contribution in [0.2, 0.25) is 0 Å². The van der Waals surface area contributed by atoms with Crippen molar-refractivity contribution in [2.24, 2.45) is 0 Å². The van der Waals surface area contributed by atoms with E-state index in [-0.39, 0.29) is 5.91 Å². The van der Waals surface area contributed by atoms with Gasteiger partial charge in [-0.15, -0.1) is 11.3 Å². The summed E-state index contributed by atoms with van der Waals surface area (Å²) in [7, 11) is 0. The molecule has 29 heavy (non-hydrogen) atoms. The van der Waals surface area contributed by atoms with Crippen molar-refractivity contribution in [3.63, 3.8) is 0 Å². The molecule has 1 amide bonds. The Balaban J connectivity index is 1.83. The van der Waals surface area contributed by atoms with Crippen molar-refractivity contribution >= 4 is 28.1 Å². The van der Waals surface area contributed by atoms with E-state index in [2.05, 4.69) is 31.2 Å². The molecule has 0 aliphatic carbocycles. The minimum atomic E-state index is -0.0761. The van der Waals surface area contributed by atoms with Crippen molar-refractivity contribution in [2.75, 3.05) is 4.90 Å². The first kappa shape index (κ1) is 19.1. The van der Waals surface area contributed by atoms with Gasteiger partial charge in [-0.2, -0.15) is 0 Å². The lowest BCUT2D eigenvalue weighted by Gasteiger charge is -2.24. The van der Waals surface area contributed by atoms with Crippen LogP contribution in [0.4, 0.5) is 10.8 Å². The zero-order chi connectivity index (χ0) is 20.4. The molecule has 0 aliphatic heterocycles. The average molecular weight is 399 g/mol. The van der Waals surface area contributed by atoms with Crippen LogP contribution in [0.1, 0.15) is 27.0 Å². The van der Waals surface area contributed by atoms with Gasteiger partial charge in [0.1, 0.15) is 0 Å². The number of carbonyl (C=O) groups excluding carboxylic acids is 1. The van der Waals surface area contributed by atoms with Gasteiger partial charge in [0.25, 0.3) is 5.91 Å². The topological polar surface area (TPSA) is 33.2 Å². The average Bonchev–Trinajstić information content (AvgIpc) is 3.21. The molecule has 0 saturated carbocycles. The molecule has 4 rings (SSSR count). The maximum absolute atomic E-state index is 13.5. The third-order valence-electron chi connectivity index (χ3n) is 4.92. The number of thiazole rings is 1. The largest absolute Gasteiger partial charge is 0.268 e. The molecule has 4 aromatic rings. The highest BCUT2D eigenvalue weighted by Crippen LogP contribution is 2.36. The molecule has 0 fully saturated rings. The molecule has 4 heteroatoms. The van der Waals surface area contributed by atoms with E-state index in [4.69, 9.17) is 4.98 Å². The van der Waals surface area contributed by atoms with Gasteiger partial charge in [0.2, 0.25) is 0 Å². The number of para-hydroxylation sites is 1. The highest BCUT2D eigenvalue weighted by molar-refractivity contribution is 7.14. The molecule has 1 aromatic heterocycles. The molecule has 0 atom stereocenters. The van der Waals surface area contributed by atoms with Gasteiger partial charge in [-0.25, -0.2) is 4.98 Å². The third kappa shape index (κ3) is 3.84. The smallest absolute Gasteiger partial charge is 0.264 e. The van der Waals surface area contributed by atoms with E-state index >= 15 is 0 Å². The summed E-state index contributed by atoms with van der Waals surface area (Å²) in [6.45, 7) is 6.13. The molecular weight excluding hydrogens is 376 g/mol. The van der Waals surface area contributed by atoms with E-state index < -0.39 is 0 Å². The zero-order valence-electron chi connectivity index (χ0n) is 16.7. The van der Waals surface area contributed by atoms with E-state index in [1.54, 1.807) is 4.90 Å². The summed E-state index contributed by atoms with van der Waals surface area (Å²) in [6.07, 6.45) is 0. The summed E-state index contributed by atoms with van der Waals surface area (Å²) < 4.78 is 0. The summed E-state index contributed by atoms with van der Waals surface area (Å²) in [5.74, 6) is -0.0761. The summed E-state index contributed by atoms with van der Waals surface area (Å²) in [4.78, 5) is 20.1. The monoisotopic (exact) mass is 398 g/mol. The van der Waals surface area contributed by atoms with Crippen molar-refractivity contribution in [1.82, 2.24) is 4.98 Å². The predicted octanol–water partition coefficient (Wildman–Crippen LogP) is 6.71. The van der Waals surface area contributed by atoms with Crippen molar-refractivity contribution in [1.29, 1.82) is 0 Å². The van der Waals surface area contributed by atoms with Gasteiger partial charge < -0.3 is 0 Å². The molecule has 0 N–H and O–H groups in total. The first-order valence-corrected chi connectivity index (χ1v) is 10.4. The van der Waals surface area contributed by atoms with Crippen LogP contribution in [0.15, 0.2) is 78.2 Å². The zero-order valence-corrected chi connectivity index (χ0v) is 17.5. The van der Waals surface area contributed by atoms with Crippen LogP contribution < -0.4 is 4.90 Å². The molecule has 0 radical (unpaired) electrons. The second kappa shape index (κ2) is 8.02. The van der Waals surface area contributed by atoms with Crippen molar-refractivity contribution in [2.45, 2.75) is 20.8 Å². The number of hydrogen-bond donors (Lipinski definition) is 0. The molecule has 144 valence electrons. The Labute approximate surface area is 175 Å². The molecule has 3 aromatic carbocycles. The molecule has 1 heterocycles. The summed E-state index contributed by atoms with van der Waals surface area (Å²) >= 11 is 1.49. The quantitative estimate of drug-likeness (QED) is 0.382. The fourth-order valence-corrected chi connectivity index (χ4v) is 4.21. The Kier molecular flexibility index (Phi) is 5.28. The molecule has 0 saturated heterocycles. The number of carbonyl (C=O) groups is 1. The highest BCUT2D eigenvalue weighted by atomic mass is 32.1. The van der Waals surface area contributed by atoms with Gasteiger partial charge in [-0.05, 0) is 44.0 Å². The van der Waals surface area contributed by atoms with Gasteiger partial charge in [-0.1, -0.05) is 66.2 Å². The van der Waals surface area contributed by atoms with E-state index in [9.17, 15) is 4.79 Å². The number of aryl methyl sites for hydroxylation is 3. The molecular formula is C25H22N2OS. The Morgan fingerprint density at radius 2 is 1.48 bits per heavy atom. The van der Waals surface area contributed by atoms with Crippen LogP contribution in [0.5, 0.6) is 0 Å². The van der Waals surface area contributed by atoms with Gasteiger partial charge >= 0.3 is 0 Å². The van der Waals surface area contributed by atoms with Crippen LogP contribution in [0.25, 0.3) is 11.3 Å². The lowest BCUT2D eigenvalue weighted by atomic mass is 10.1. The summed E-state index contributed by atoms with van der Waals surface area (Å²) in [6, 6.07) is 23.7. The third-order valence-corrected chi connectivity index (χ3v) is 5.74. The SMILES string of the molecule is Cc1ccc(-c2csc(N(C(=O)c3ccccc3)c3c(C)cccc3C)n2)cc1. The number of nitrogens with zero attached hydrogens (tertiary/aromatic N) is 2. The molecule has 0 unspecified atom stereocenters. The second-order valence-corrected chi connectivity index (χ2v) is 7.96. The van der Waals surface area contributed by atoms with Crippen LogP contribution in [0, 0.1) is 20.8 Å². The standard InChI is InChI=1S/C25H22N2OS/c1-17-12-14-20(15-13-17)22-16-29-25(26-22)27(23-18(2)8-7-9-19(23)3)24(28)21-10-5-4-6-11-21/h4-16H,1-3H3. The van der Waals surface area contributed by atoms with Gasteiger partial charge in [-0.3, -0.25) is 9.69 Å². The number of aromatic nitrogens is 1. The van der Waals surface area contributed by atoms with Gasteiger partial charge in [0.15, 0.2) is 5.13 Å². The molecule has 0 spiro atoms. The van der Waals surface area contributed by atoms with Crippen LogP contribution in [-0.4, -0.2) is 10.9 Å². The Morgan fingerprint density at radius 3 is 2.14 bits per heavy atom. The van der Waals surface area contributed by atoms with Crippen LogP contribution in [0.3, 0.4) is 0 Å². The van der Waals surface area contributed by atoms with Crippen LogP contribution in [-0.2, 0) is 0 Å². The van der Waals surface area contributed by atoms with Crippen LogP contribution >= 0.6 is 11.3 Å². The van der Waals surface area contributed by atoms with Gasteiger partial charge in [0, 0.05) is 16.5 Å². The predicted molar refractivity (Wildman–Crippen MR) is 121 cm³/mol. The number of anilines is 2. The fraction of sp³-hybridized carbons (Fsp3) is 0.120. The summed E-state index contributed by atoms with van der Waals surface area (Å²) in [5, 5.41) is 2.69. The molecule has 0 bridgehead atoms. The first-order chi connectivity index (χ1) is 14.0. The van der Waals surface area contributed by atoms with Gasteiger partial charge in [0.05, 0.1) is 11.4 Å².